The summed E-state index contributed by atoms with van der Waals surface area (Å²) in [5.74, 6) is -0.0112. The van der Waals surface area contributed by atoms with Crippen LogP contribution in [0.3, 0.4) is 0 Å². The molecule has 0 aliphatic heterocycles. The molecule has 0 aromatic rings. The Bertz CT molecular complexity index is 1020. The third kappa shape index (κ3) is 58.0. The van der Waals surface area contributed by atoms with Crippen LogP contribution in [0.2, 0.25) is 0 Å². The first-order valence-electron chi connectivity index (χ1n) is 32.8. The summed E-state index contributed by atoms with van der Waals surface area (Å²) in [6.07, 6.45) is 72.8. The lowest BCUT2D eigenvalue weighted by Gasteiger charge is -2.22. The van der Waals surface area contributed by atoms with Crippen LogP contribution in [-0.2, 0) is 14.3 Å². The molecule has 0 saturated heterocycles. The van der Waals surface area contributed by atoms with Gasteiger partial charge in [-0.25, -0.2) is 0 Å². The Labute approximate surface area is 445 Å². The Balaban J connectivity index is 3.31. The van der Waals surface area contributed by atoms with Gasteiger partial charge in [-0.3, -0.25) is 9.59 Å². The highest BCUT2D eigenvalue weighted by atomic mass is 16.5. The molecule has 3 N–H and O–H groups in total. The first-order valence-corrected chi connectivity index (χ1v) is 32.8. The Morgan fingerprint density at radius 2 is 0.577 bits per heavy atom. The highest BCUT2D eigenvalue weighted by Crippen LogP contribution is 2.19. The van der Waals surface area contributed by atoms with E-state index in [1.807, 2.05) is 0 Å². The van der Waals surface area contributed by atoms with Crippen molar-refractivity contribution in [1.29, 1.82) is 0 Å². The highest BCUT2D eigenvalue weighted by molar-refractivity contribution is 5.76. The molecular formula is C65H129NO5. The average molecular weight is 1000 g/mol. The summed E-state index contributed by atoms with van der Waals surface area (Å²) in [6, 6.07) is -0.538. The lowest BCUT2D eigenvalue weighted by Crippen LogP contribution is -2.45. The highest BCUT2D eigenvalue weighted by Gasteiger charge is 2.20. The predicted molar refractivity (Wildman–Crippen MR) is 310 cm³/mol. The monoisotopic (exact) mass is 1000 g/mol. The molecule has 0 aromatic carbocycles. The van der Waals surface area contributed by atoms with Crippen molar-refractivity contribution in [1.82, 2.24) is 5.32 Å². The van der Waals surface area contributed by atoms with E-state index in [2.05, 4.69) is 19.2 Å². The van der Waals surface area contributed by atoms with E-state index in [0.717, 1.165) is 38.5 Å². The quantitative estimate of drug-likeness (QED) is 0.0417. The van der Waals surface area contributed by atoms with Crippen LogP contribution in [0.5, 0.6) is 0 Å². The lowest BCUT2D eigenvalue weighted by molar-refractivity contribution is -0.143. The molecule has 0 saturated carbocycles. The number of carbonyl (C=O) groups excluding carboxylic acids is 2. The summed E-state index contributed by atoms with van der Waals surface area (Å²) in [7, 11) is 0. The van der Waals surface area contributed by atoms with Crippen LogP contribution >= 0.6 is 0 Å². The Kier molecular flexibility index (Phi) is 60.4. The van der Waals surface area contributed by atoms with Gasteiger partial charge in [0.2, 0.25) is 5.91 Å². The van der Waals surface area contributed by atoms with E-state index in [1.165, 1.54) is 308 Å². The molecule has 0 rings (SSSR count). The topological polar surface area (TPSA) is 95.9 Å². The van der Waals surface area contributed by atoms with Crippen molar-refractivity contribution in [3.05, 3.63) is 0 Å². The van der Waals surface area contributed by atoms with Gasteiger partial charge in [0.15, 0.2) is 0 Å². The largest absolute Gasteiger partial charge is 0.466 e. The van der Waals surface area contributed by atoms with E-state index in [4.69, 9.17) is 4.74 Å². The fourth-order valence-electron chi connectivity index (χ4n) is 10.6. The molecule has 2 atom stereocenters. The standard InChI is InChI=1S/C65H129NO5/c1-3-5-7-9-11-13-15-16-17-18-25-29-32-35-39-43-47-51-55-59-65(70)71-60-56-52-48-44-40-36-33-30-27-24-22-20-19-21-23-26-28-31-34-38-42-46-50-54-58-64(69)66-62(61-67)63(68)57-53-49-45-41-37-14-12-10-8-6-4-2/h62-63,67-68H,3-61H2,1-2H3,(H,66,69). The molecule has 0 radical (unpaired) electrons. The minimum absolute atomic E-state index is 0.0213. The van der Waals surface area contributed by atoms with Crippen molar-refractivity contribution in [3.8, 4) is 0 Å². The van der Waals surface area contributed by atoms with E-state index in [9.17, 15) is 19.8 Å². The van der Waals surface area contributed by atoms with Crippen molar-refractivity contribution < 1.29 is 24.5 Å². The van der Waals surface area contributed by atoms with E-state index >= 15 is 0 Å². The van der Waals surface area contributed by atoms with Crippen LogP contribution in [0.15, 0.2) is 0 Å². The van der Waals surface area contributed by atoms with Crippen LogP contribution in [-0.4, -0.2) is 47.4 Å². The van der Waals surface area contributed by atoms with Gasteiger partial charge >= 0.3 is 5.97 Å². The predicted octanol–water partition coefficient (Wildman–Crippen LogP) is 20.6. The van der Waals surface area contributed by atoms with Crippen molar-refractivity contribution >= 4 is 11.9 Å². The Morgan fingerprint density at radius 3 is 0.859 bits per heavy atom. The third-order valence-corrected chi connectivity index (χ3v) is 15.7. The number of hydrogen-bond acceptors (Lipinski definition) is 5. The number of carbonyl (C=O) groups is 2. The normalized spacial score (nSPS) is 12.5. The van der Waals surface area contributed by atoms with Gasteiger partial charge in [-0.1, -0.05) is 341 Å². The van der Waals surface area contributed by atoms with Gasteiger partial charge in [0, 0.05) is 12.8 Å². The van der Waals surface area contributed by atoms with E-state index in [0.29, 0.717) is 25.9 Å². The van der Waals surface area contributed by atoms with Gasteiger partial charge < -0.3 is 20.3 Å². The van der Waals surface area contributed by atoms with Gasteiger partial charge in [-0.05, 0) is 25.7 Å². The molecular weight excluding hydrogens is 875 g/mol. The fraction of sp³-hybridized carbons (Fsp3) is 0.969. The number of aliphatic hydroxyl groups excluding tert-OH is 2. The first-order chi connectivity index (χ1) is 35.0. The van der Waals surface area contributed by atoms with E-state index in [-0.39, 0.29) is 18.5 Å². The van der Waals surface area contributed by atoms with Crippen LogP contribution in [0, 0.1) is 0 Å². The second kappa shape index (κ2) is 61.4. The molecule has 0 heterocycles. The number of rotatable bonds is 62. The summed E-state index contributed by atoms with van der Waals surface area (Å²) >= 11 is 0. The van der Waals surface area contributed by atoms with Crippen molar-refractivity contribution in [3.63, 3.8) is 0 Å². The number of aliphatic hydroxyl groups is 2. The number of amides is 1. The smallest absolute Gasteiger partial charge is 0.305 e. The molecule has 424 valence electrons. The summed E-state index contributed by atoms with van der Waals surface area (Å²) in [4.78, 5) is 24.6. The number of esters is 1. The molecule has 0 fully saturated rings. The van der Waals surface area contributed by atoms with E-state index in [1.54, 1.807) is 0 Å². The number of ether oxygens (including phenoxy) is 1. The van der Waals surface area contributed by atoms with Crippen molar-refractivity contribution in [2.45, 2.75) is 392 Å². The molecule has 0 spiro atoms. The zero-order valence-corrected chi connectivity index (χ0v) is 48.5. The Morgan fingerprint density at radius 1 is 0.338 bits per heavy atom. The molecule has 0 aliphatic carbocycles. The summed E-state index contributed by atoms with van der Waals surface area (Å²) < 4.78 is 5.51. The molecule has 6 nitrogen and oxygen atoms in total. The van der Waals surface area contributed by atoms with Crippen LogP contribution in [0.4, 0.5) is 0 Å². The van der Waals surface area contributed by atoms with Crippen LogP contribution < -0.4 is 5.32 Å². The van der Waals surface area contributed by atoms with Crippen LogP contribution in [0.25, 0.3) is 0 Å². The number of nitrogens with one attached hydrogen (secondary N) is 1. The number of hydrogen-bond donors (Lipinski definition) is 3. The van der Waals surface area contributed by atoms with Crippen LogP contribution in [0.1, 0.15) is 380 Å². The zero-order valence-electron chi connectivity index (χ0n) is 48.5. The fourth-order valence-corrected chi connectivity index (χ4v) is 10.6. The summed E-state index contributed by atoms with van der Waals surface area (Å²) in [5, 5.41) is 23.2. The minimum Gasteiger partial charge on any atom is -0.466 e. The molecule has 2 unspecified atom stereocenters. The molecule has 71 heavy (non-hydrogen) atoms. The van der Waals surface area contributed by atoms with Gasteiger partial charge in [0.05, 0.1) is 25.4 Å². The maximum absolute atomic E-state index is 12.5. The lowest BCUT2D eigenvalue weighted by atomic mass is 10.0. The maximum atomic E-state index is 12.5. The first kappa shape index (κ1) is 69.9. The Hall–Kier alpha value is -1.14. The SMILES string of the molecule is CCCCCCCCCCCCCCCCCCCCCC(=O)OCCCCCCCCCCCCCCCCCCCCCCCCCCC(=O)NC(CO)C(O)CCCCCCCCCCCCC. The van der Waals surface area contributed by atoms with Crippen molar-refractivity contribution in [2.75, 3.05) is 13.2 Å². The minimum atomic E-state index is -0.661. The van der Waals surface area contributed by atoms with E-state index < -0.39 is 12.1 Å². The molecule has 0 bridgehead atoms. The molecule has 0 aromatic heterocycles. The third-order valence-electron chi connectivity index (χ3n) is 15.7. The summed E-state index contributed by atoms with van der Waals surface area (Å²) in [6.45, 7) is 4.98. The molecule has 6 heteroatoms. The average Bonchev–Trinajstić information content (AvgIpc) is 3.37. The van der Waals surface area contributed by atoms with Gasteiger partial charge in [-0.15, -0.1) is 0 Å². The van der Waals surface area contributed by atoms with Crippen molar-refractivity contribution in [2.24, 2.45) is 0 Å². The molecule has 1 amide bonds. The molecule has 0 aliphatic rings. The zero-order chi connectivity index (χ0) is 51.4. The summed E-state index contributed by atoms with van der Waals surface area (Å²) in [5.41, 5.74) is 0. The second-order valence-corrected chi connectivity index (χ2v) is 22.8. The van der Waals surface area contributed by atoms with Gasteiger partial charge in [-0.2, -0.15) is 0 Å². The second-order valence-electron chi connectivity index (χ2n) is 22.8. The van der Waals surface area contributed by atoms with Gasteiger partial charge in [0.25, 0.3) is 0 Å². The maximum Gasteiger partial charge on any atom is 0.305 e. The number of unbranched alkanes of at least 4 members (excludes halogenated alkanes) is 51. The van der Waals surface area contributed by atoms with Gasteiger partial charge in [0.1, 0.15) is 0 Å².